The first kappa shape index (κ1) is 18.3. The monoisotopic (exact) mass is 399 g/mol. The Bertz CT molecular complexity index is 896. The van der Waals surface area contributed by atoms with Crippen molar-refractivity contribution in [1.82, 2.24) is 9.55 Å². The second-order valence-electron chi connectivity index (χ2n) is 7.13. The Morgan fingerprint density at radius 1 is 1.22 bits per heavy atom. The van der Waals surface area contributed by atoms with E-state index in [1.54, 1.807) is 6.20 Å². The van der Waals surface area contributed by atoms with E-state index in [9.17, 15) is 4.79 Å². The van der Waals surface area contributed by atoms with Gasteiger partial charge in [-0.15, -0.1) is 11.3 Å². The van der Waals surface area contributed by atoms with Crippen molar-refractivity contribution in [2.45, 2.75) is 38.6 Å². The molecule has 0 unspecified atom stereocenters. The summed E-state index contributed by atoms with van der Waals surface area (Å²) in [6, 6.07) is 9.88. The van der Waals surface area contributed by atoms with Gasteiger partial charge in [0.1, 0.15) is 5.69 Å². The van der Waals surface area contributed by atoms with Crippen LogP contribution in [-0.4, -0.2) is 15.5 Å². The van der Waals surface area contributed by atoms with Crippen LogP contribution < -0.4 is 5.32 Å². The molecule has 1 aliphatic carbocycles. The molecule has 1 aromatic carbocycles. The van der Waals surface area contributed by atoms with E-state index in [2.05, 4.69) is 21.1 Å². The predicted molar refractivity (Wildman–Crippen MR) is 111 cm³/mol. The van der Waals surface area contributed by atoms with E-state index < -0.39 is 0 Å². The number of halogens is 1. The molecular formula is C21H22ClN3OS. The number of hydrogen-bond donors (Lipinski definition) is 1. The summed E-state index contributed by atoms with van der Waals surface area (Å²) in [7, 11) is 0. The highest BCUT2D eigenvalue weighted by molar-refractivity contribution is 7.13. The fourth-order valence-electron chi connectivity index (χ4n) is 3.76. The quantitative estimate of drug-likeness (QED) is 0.583. The van der Waals surface area contributed by atoms with Crippen LogP contribution in [0.3, 0.4) is 0 Å². The lowest BCUT2D eigenvalue weighted by molar-refractivity contribution is 0.101. The Hall–Kier alpha value is -2.11. The van der Waals surface area contributed by atoms with Crippen LogP contribution in [0.2, 0.25) is 5.02 Å². The van der Waals surface area contributed by atoms with Crippen molar-refractivity contribution >= 4 is 34.0 Å². The molecular weight excluding hydrogens is 378 g/mol. The molecule has 1 amide bonds. The molecule has 0 spiro atoms. The van der Waals surface area contributed by atoms with Crippen molar-refractivity contribution in [2.75, 3.05) is 5.32 Å². The normalized spacial score (nSPS) is 14.6. The molecule has 1 saturated carbocycles. The van der Waals surface area contributed by atoms with Crippen molar-refractivity contribution < 1.29 is 4.79 Å². The lowest BCUT2D eigenvalue weighted by Gasteiger charge is -2.13. The molecule has 4 nitrogen and oxygen atoms in total. The van der Waals surface area contributed by atoms with Gasteiger partial charge in [-0.05, 0) is 54.5 Å². The number of amides is 1. The van der Waals surface area contributed by atoms with E-state index in [-0.39, 0.29) is 5.91 Å². The molecule has 27 heavy (non-hydrogen) atoms. The zero-order valence-electron chi connectivity index (χ0n) is 15.0. The second kappa shape index (κ2) is 8.28. The molecule has 1 aliphatic rings. The van der Waals surface area contributed by atoms with Gasteiger partial charge in [0.15, 0.2) is 5.13 Å². The maximum absolute atomic E-state index is 12.8. The number of carbonyl (C=O) groups is 1. The number of rotatable bonds is 6. The second-order valence-corrected chi connectivity index (χ2v) is 8.46. The van der Waals surface area contributed by atoms with E-state index in [4.69, 9.17) is 11.6 Å². The van der Waals surface area contributed by atoms with Crippen LogP contribution >= 0.6 is 22.9 Å². The minimum atomic E-state index is -0.0923. The van der Waals surface area contributed by atoms with Gasteiger partial charge in [-0.2, -0.15) is 0 Å². The van der Waals surface area contributed by atoms with Gasteiger partial charge in [-0.25, -0.2) is 4.98 Å². The standard InChI is InChI=1S/C21H22ClN3OS/c22-18-7-5-15(6-8-18)11-17-12-19(20(26)24-21-23-9-10-27-21)25(14-17)13-16-3-1-2-4-16/h5-10,12,14,16H,1-4,11,13H2,(H,23,24,26). The molecule has 0 bridgehead atoms. The lowest BCUT2D eigenvalue weighted by atomic mass is 10.1. The summed E-state index contributed by atoms with van der Waals surface area (Å²) in [5.41, 5.74) is 3.03. The summed E-state index contributed by atoms with van der Waals surface area (Å²) in [5, 5.41) is 6.15. The van der Waals surface area contributed by atoms with E-state index >= 15 is 0 Å². The first-order valence-electron chi connectivity index (χ1n) is 9.32. The molecule has 0 radical (unpaired) electrons. The van der Waals surface area contributed by atoms with E-state index in [1.165, 1.54) is 42.6 Å². The fourth-order valence-corrected chi connectivity index (χ4v) is 4.41. The highest BCUT2D eigenvalue weighted by Gasteiger charge is 2.20. The summed E-state index contributed by atoms with van der Waals surface area (Å²) in [6.07, 6.45) is 9.70. The van der Waals surface area contributed by atoms with Crippen LogP contribution in [0.15, 0.2) is 48.1 Å². The minimum Gasteiger partial charge on any atom is -0.343 e. The molecule has 140 valence electrons. The minimum absolute atomic E-state index is 0.0923. The summed E-state index contributed by atoms with van der Waals surface area (Å²) >= 11 is 7.42. The maximum atomic E-state index is 12.8. The molecule has 4 rings (SSSR count). The number of thiazole rings is 1. The van der Waals surface area contributed by atoms with Gasteiger partial charge in [0.2, 0.25) is 0 Å². The zero-order chi connectivity index (χ0) is 18.6. The molecule has 2 aromatic heterocycles. The van der Waals surface area contributed by atoms with Crippen LogP contribution in [0.4, 0.5) is 5.13 Å². The van der Waals surface area contributed by atoms with E-state index in [1.807, 2.05) is 35.7 Å². The molecule has 0 saturated heterocycles. The third-order valence-electron chi connectivity index (χ3n) is 5.09. The van der Waals surface area contributed by atoms with Gasteiger partial charge < -0.3 is 4.57 Å². The van der Waals surface area contributed by atoms with Crippen molar-refractivity contribution in [3.8, 4) is 0 Å². The van der Waals surface area contributed by atoms with E-state index in [0.717, 1.165) is 23.6 Å². The highest BCUT2D eigenvalue weighted by Crippen LogP contribution is 2.28. The molecule has 2 heterocycles. The number of nitrogens with zero attached hydrogens (tertiary/aromatic N) is 2. The highest BCUT2D eigenvalue weighted by atomic mass is 35.5. The Morgan fingerprint density at radius 3 is 2.70 bits per heavy atom. The Balaban J connectivity index is 1.57. The maximum Gasteiger partial charge on any atom is 0.274 e. The van der Waals surface area contributed by atoms with Crippen molar-refractivity contribution in [3.05, 3.63) is 69.9 Å². The Kier molecular flexibility index (Phi) is 5.60. The Labute approximate surface area is 168 Å². The molecule has 0 atom stereocenters. The summed E-state index contributed by atoms with van der Waals surface area (Å²) < 4.78 is 2.13. The first-order valence-corrected chi connectivity index (χ1v) is 10.6. The Morgan fingerprint density at radius 2 is 2.00 bits per heavy atom. The molecule has 0 aliphatic heterocycles. The van der Waals surface area contributed by atoms with Crippen molar-refractivity contribution in [1.29, 1.82) is 0 Å². The average molecular weight is 400 g/mol. The van der Waals surface area contributed by atoms with Crippen LogP contribution in [0.5, 0.6) is 0 Å². The third-order valence-corrected chi connectivity index (χ3v) is 6.03. The molecule has 1 N–H and O–H groups in total. The summed E-state index contributed by atoms with van der Waals surface area (Å²) in [4.78, 5) is 17.0. The molecule has 1 fully saturated rings. The summed E-state index contributed by atoms with van der Waals surface area (Å²) in [5.74, 6) is 0.567. The number of nitrogens with one attached hydrogen (secondary N) is 1. The number of benzene rings is 1. The van der Waals surface area contributed by atoms with Crippen molar-refractivity contribution in [3.63, 3.8) is 0 Å². The van der Waals surface area contributed by atoms with Gasteiger partial charge in [-0.1, -0.05) is 36.6 Å². The topological polar surface area (TPSA) is 46.9 Å². The van der Waals surface area contributed by atoms with Gasteiger partial charge in [0.25, 0.3) is 5.91 Å². The molecule has 3 aromatic rings. The van der Waals surface area contributed by atoms with Crippen LogP contribution in [0, 0.1) is 5.92 Å². The zero-order valence-corrected chi connectivity index (χ0v) is 16.6. The van der Waals surface area contributed by atoms with Gasteiger partial charge in [0, 0.05) is 29.3 Å². The summed E-state index contributed by atoms with van der Waals surface area (Å²) in [6.45, 7) is 0.904. The van der Waals surface area contributed by atoms with Crippen LogP contribution in [-0.2, 0) is 13.0 Å². The first-order chi connectivity index (χ1) is 13.2. The average Bonchev–Trinajstić information content (AvgIpc) is 3.40. The van der Waals surface area contributed by atoms with Crippen LogP contribution in [0.25, 0.3) is 0 Å². The smallest absolute Gasteiger partial charge is 0.274 e. The van der Waals surface area contributed by atoms with Gasteiger partial charge in [-0.3, -0.25) is 10.1 Å². The number of hydrogen-bond acceptors (Lipinski definition) is 3. The predicted octanol–water partition coefficient (Wildman–Crippen LogP) is 5.63. The third kappa shape index (κ3) is 4.60. The van der Waals surface area contributed by atoms with Gasteiger partial charge >= 0.3 is 0 Å². The number of aromatic nitrogens is 2. The largest absolute Gasteiger partial charge is 0.343 e. The number of anilines is 1. The van der Waals surface area contributed by atoms with Crippen molar-refractivity contribution in [2.24, 2.45) is 5.92 Å². The SMILES string of the molecule is O=C(Nc1nccs1)c1cc(Cc2ccc(Cl)cc2)cn1CC1CCCC1. The number of carbonyl (C=O) groups excluding carboxylic acids is 1. The fraction of sp³-hybridized carbons (Fsp3) is 0.333. The lowest BCUT2D eigenvalue weighted by Crippen LogP contribution is -2.18. The molecule has 6 heteroatoms. The van der Waals surface area contributed by atoms with Gasteiger partial charge in [0.05, 0.1) is 0 Å². The van der Waals surface area contributed by atoms with Crippen LogP contribution in [0.1, 0.15) is 47.3 Å². The van der Waals surface area contributed by atoms with E-state index in [0.29, 0.717) is 16.7 Å².